The first-order chi connectivity index (χ1) is 9.04. The number of aryl methyl sites for hydroxylation is 1. The molecule has 0 amide bonds. The first-order valence-electron chi connectivity index (χ1n) is 7.46. The highest BCUT2D eigenvalue weighted by atomic mass is 32.1. The lowest BCUT2D eigenvalue weighted by Gasteiger charge is -2.45. The Morgan fingerprint density at radius 2 is 2.26 bits per heavy atom. The van der Waals surface area contributed by atoms with Crippen molar-refractivity contribution in [3.05, 3.63) is 16.1 Å². The van der Waals surface area contributed by atoms with Crippen LogP contribution in [0.2, 0.25) is 0 Å². The maximum Gasteiger partial charge on any atom is 0.110 e. The highest BCUT2D eigenvalue weighted by Gasteiger charge is 2.35. The number of piperidine rings is 1. The first kappa shape index (κ1) is 14.9. The molecule has 2 rings (SSSR count). The zero-order chi connectivity index (χ0) is 14.0. The lowest BCUT2D eigenvalue weighted by atomic mass is 9.86. The topological polar surface area (TPSA) is 28.2 Å². The molecule has 0 saturated carbocycles. The predicted octanol–water partition coefficient (Wildman–Crippen LogP) is 3.22. The van der Waals surface area contributed by atoms with E-state index in [1.54, 1.807) is 0 Å². The van der Waals surface area contributed by atoms with E-state index in [1.165, 1.54) is 22.9 Å². The minimum absolute atomic E-state index is 0.443. The fraction of sp³-hybridized carbons (Fsp3) is 0.800. The van der Waals surface area contributed by atoms with E-state index in [0.717, 1.165) is 6.54 Å². The number of aromatic nitrogens is 1. The van der Waals surface area contributed by atoms with Gasteiger partial charge in [0.2, 0.25) is 0 Å². The Hall–Kier alpha value is -0.450. The molecular formula is C15H27N3S. The van der Waals surface area contributed by atoms with E-state index >= 15 is 0 Å². The Balaban J connectivity index is 2.05. The number of hydrogen-bond acceptors (Lipinski definition) is 4. The molecule has 108 valence electrons. The van der Waals surface area contributed by atoms with Crippen molar-refractivity contribution in [1.82, 2.24) is 15.2 Å². The lowest BCUT2D eigenvalue weighted by Crippen LogP contribution is -2.53. The zero-order valence-corrected chi connectivity index (χ0v) is 13.6. The van der Waals surface area contributed by atoms with Gasteiger partial charge in [-0.25, -0.2) is 4.98 Å². The molecule has 1 N–H and O–H groups in total. The van der Waals surface area contributed by atoms with E-state index in [2.05, 4.69) is 49.8 Å². The van der Waals surface area contributed by atoms with Crippen LogP contribution in [-0.2, 0) is 0 Å². The number of thiazole rings is 1. The van der Waals surface area contributed by atoms with Crippen LogP contribution in [0.15, 0.2) is 6.20 Å². The second kappa shape index (κ2) is 6.33. The molecule has 4 atom stereocenters. The van der Waals surface area contributed by atoms with Gasteiger partial charge < -0.3 is 5.32 Å². The summed E-state index contributed by atoms with van der Waals surface area (Å²) in [5.41, 5.74) is 0. The minimum Gasteiger partial charge on any atom is -0.314 e. The lowest BCUT2D eigenvalue weighted by molar-refractivity contribution is 0.0528. The first-order valence-corrected chi connectivity index (χ1v) is 8.27. The van der Waals surface area contributed by atoms with Crippen molar-refractivity contribution in [2.75, 3.05) is 13.1 Å². The van der Waals surface area contributed by atoms with Crippen LogP contribution in [0.1, 0.15) is 50.0 Å². The molecule has 1 saturated heterocycles. The summed E-state index contributed by atoms with van der Waals surface area (Å²) < 4.78 is 0. The van der Waals surface area contributed by atoms with E-state index in [4.69, 9.17) is 0 Å². The Labute approximate surface area is 121 Å². The average Bonchev–Trinajstić information content (AvgIpc) is 2.81. The fourth-order valence-electron chi connectivity index (χ4n) is 3.20. The Kier molecular flexibility index (Phi) is 4.98. The number of hydrogen-bond donors (Lipinski definition) is 1. The molecule has 3 nitrogen and oxygen atoms in total. The number of nitrogens with zero attached hydrogens (tertiary/aromatic N) is 2. The van der Waals surface area contributed by atoms with E-state index in [9.17, 15) is 0 Å². The number of likely N-dealkylation sites (tertiary alicyclic amines) is 1. The SMILES string of the molecule is CCNC1CCN(C(C)c2ncc(C)s2)C(C)C1C. The highest BCUT2D eigenvalue weighted by molar-refractivity contribution is 7.11. The van der Waals surface area contributed by atoms with Gasteiger partial charge in [0.05, 0.1) is 6.04 Å². The van der Waals surface area contributed by atoms with Gasteiger partial charge in [-0.2, -0.15) is 0 Å². The molecule has 1 fully saturated rings. The van der Waals surface area contributed by atoms with Crippen LogP contribution in [0.4, 0.5) is 0 Å². The molecule has 0 spiro atoms. The Morgan fingerprint density at radius 3 is 2.84 bits per heavy atom. The molecule has 0 aliphatic carbocycles. The van der Waals surface area contributed by atoms with Crippen molar-refractivity contribution < 1.29 is 0 Å². The second-order valence-corrected chi connectivity index (χ2v) is 7.04. The molecule has 4 heteroatoms. The second-order valence-electron chi connectivity index (χ2n) is 5.78. The average molecular weight is 281 g/mol. The zero-order valence-electron chi connectivity index (χ0n) is 12.8. The maximum absolute atomic E-state index is 4.57. The minimum atomic E-state index is 0.443. The van der Waals surface area contributed by atoms with Crippen LogP contribution in [0.3, 0.4) is 0 Å². The van der Waals surface area contributed by atoms with Gasteiger partial charge in [-0.1, -0.05) is 13.8 Å². The van der Waals surface area contributed by atoms with Gasteiger partial charge >= 0.3 is 0 Å². The molecule has 1 aromatic rings. The molecule has 4 unspecified atom stereocenters. The van der Waals surface area contributed by atoms with Crippen molar-refractivity contribution in [1.29, 1.82) is 0 Å². The normalized spacial score (nSPS) is 30.5. The van der Waals surface area contributed by atoms with E-state index in [-0.39, 0.29) is 0 Å². The molecule has 0 aromatic carbocycles. The van der Waals surface area contributed by atoms with Crippen molar-refractivity contribution >= 4 is 11.3 Å². The van der Waals surface area contributed by atoms with E-state index < -0.39 is 0 Å². The van der Waals surface area contributed by atoms with Crippen LogP contribution in [0, 0.1) is 12.8 Å². The van der Waals surface area contributed by atoms with Gasteiger partial charge in [-0.3, -0.25) is 4.90 Å². The molecule has 0 radical (unpaired) electrons. The largest absolute Gasteiger partial charge is 0.314 e. The Bertz CT molecular complexity index is 404. The van der Waals surface area contributed by atoms with Crippen molar-refractivity contribution in [2.24, 2.45) is 5.92 Å². The van der Waals surface area contributed by atoms with Gasteiger partial charge in [0, 0.05) is 29.7 Å². The van der Waals surface area contributed by atoms with E-state index in [1.807, 2.05) is 17.5 Å². The summed E-state index contributed by atoms with van der Waals surface area (Å²) in [5, 5.41) is 4.89. The summed E-state index contributed by atoms with van der Waals surface area (Å²) in [5.74, 6) is 0.692. The summed E-state index contributed by atoms with van der Waals surface area (Å²) in [6.45, 7) is 13.6. The maximum atomic E-state index is 4.57. The van der Waals surface area contributed by atoms with Crippen LogP contribution in [-0.4, -0.2) is 35.1 Å². The molecule has 19 heavy (non-hydrogen) atoms. The number of nitrogens with one attached hydrogen (secondary N) is 1. The summed E-state index contributed by atoms with van der Waals surface area (Å²) >= 11 is 1.84. The highest BCUT2D eigenvalue weighted by Crippen LogP contribution is 2.32. The van der Waals surface area contributed by atoms with Crippen molar-refractivity contribution in [2.45, 2.75) is 59.2 Å². The molecule has 1 aliphatic heterocycles. The van der Waals surface area contributed by atoms with Crippen LogP contribution in [0.25, 0.3) is 0 Å². The molecule has 0 bridgehead atoms. The molecule has 1 aliphatic rings. The smallest absolute Gasteiger partial charge is 0.110 e. The summed E-state index contributed by atoms with van der Waals surface area (Å²) in [6, 6.07) is 1.72. The van der Waals surface area contributed by atoms with Gasteiger partial charge in [-0.15, -0.1) is 11.3 Å². The van der Waals surface area contributed by atoms with Crippen LogP contribution < -0.4 is 5.32 Å². The van der Waals surface area contributed by atoms with E-state index in [0.29, 0.717) is 24.0 Å². The monoisotopic (exact) mass is 281 g/mol. The standard InChI is InChI=1S/C15H27N3S/c1-6-16-14-7-8-18(12(4)11(14)3)13(5)15-17-9-10(2)19-15/h9,11-14,16H,6-8H2,1-5H3. The van der Waals surface area contributed by atoms with Gasteiger partial charge in [0.1, 0.15) is 5.01 Å². The van der Waals surface area contributed by atoms with Crippen molar-refractivity contribution in [3.8, 4) is 0 Å². The predicted molar refractivity (Wildman–Crippen MR) is 82.7 cm³/mol. The fourth-order valence-corrected chi connectivity index (χ4v) is 4.04. The van der Waals surface area contributed by atoms with Crippen LogP contribution in [0.5, 0.6) is 0 Å². The van der Waals surface area contributed by atoms with Crippen molar-refractivity contribution in [3.63, 3.8) is 0 Å². The Morgan fingerprint density at radius 1 is 1.53 bits per heavy atom. The molecular weight excluding hydrogens is 254 g/mol. The summed E-state index contributed by atoms with van der Waals surface area (Å²) in [6.07, 6.45) is 3.24. The number of rotatable bonds is 4. The van der Waals surface area contributed by atoms with Gasteiger partial charge in [0.25, 0.3) is 0 Å². The third-order valence-electron chi connectivity index (χ3n) is 4.58. The molecule has 2 heterocycles. The van der Waals surface area contributed by atoms with Gasteiger partial charge in [-0.05, 0) is 39.7 Å². The quantitative estimate of drug-likeness (QED) is 0.918. The summed E-state index contributed by atoms with van der Waals surface area (Å²) in [7, 11) is 0. The molecule has 1 aromatic heterocycles. The van der Waals surface area contributed by atoms with Gasteiger partial charge in [0.15, 0.2) is 0 Å². The van der Waals surface area contributed by atoms with Crippen LogP contribution >= 0.6 is 11.3 Å². The third-order valence-corrected chi connectivity index (χ3v) is 5.66. The third kappa shape index (κ3) is 3.18. The summed E-state index contributed by atoms with van der Waals surface area (Å²) in [4.78, 5) is 8.50.